The minimum absolute atomic E-state index is 0.00396. The summed E-state index contributed by atoms with van der Waals surface area (Å²) in [5, 5.41) is 1.61. The first kappa shape index (κ1) is 16.0. The molecule has 5 aromatic rings. The van der Waals surface area contributed by atoms with Gasteiger partial charge in [-0.05, 0) is 42.5 Å². The molecule has 130 valence electrons. The van der Waals surface area contributed by atoms with Crippen molar-refractivity contribution in [1.82, 2.24) is 14.5 Å². The highest BCUT2D eigenvalue weighted by atomic mass is 35.5. The van der Waals surface area contributed by atoms with Crippen LogP contribution in [0.5, 0.6) is 0 Å². The van der Waals surface area contributed by atoms with Crippen molar-refractivity contribution in [1.29, 1.82) is 0 Å². The second-order valence-corrected chi connectivity index (χ2v) is 6.85. The molecule has 5 rings (SSSR count). The first-order valence-electron chi connectivity index (χ1n) is 8.63. The van der Waals surface area contributed by atoms with Gasteiger partial charge in [0.15, 0.2) is 11.4 Å². The number of ketones is 1. The van der Waals surface area contributed by atoms with E-state index < -0.39 is 0 Å². The Morgan fingerprint density at radius 1 is 0.852 bits per heavy atom. The van der Waals surface area contributed by atoms with Crippen LogP contribution in [-0.4, -0.2) is 20.3 Å². The molecule has 0 spiro atoms. The monoisotopic (exact) mass is 371 g/mol. The summed E-state index contributed by atoms with van der Waals surface area (Å²) < 4.78 is 1.95. The maximum absolute atomic E-state index is 12.9. The third-order valence-electron chi connectivity index (χ3n) is 4.73. The van der Waals surface area contributed by atoms with E-state index in [1.807, 2.05) is 53.1 Å². The van der Waals surface area contributed by atoms with Crippen LogP contribution in [0, 0.1) is 0 Å². The number of carbonyl (C=O) groups excluding carboxylic acids is 1. The van der Waals surface area contributed by atoms with Crippen LogP contribution < -0.4 is 0 Å². The Balaban J connectivity index is 1.72. The standard InChI is InChI=1S/C22H14ClN3O/c23-15-11-9-14(10-12-15)20(27)13-26-19-8-4-1-5-16(19)21-22(26)25-18-7-3-2-6-17(18)24-21/h1-12H,13H2. The number of aromatic nitrogens is 3. The predicted octanol–water partition coefficient (Wildman–Crippen LogP) is 5.27. The van der Waals surface area contributed by atoms with Crippen molar-refractivity contribution in [3.8, 4) is 0 Å². The molecular weight excluding hydrogens is 358 g/mol. The van der Waals surface area contributed by atoms with Gasteiger partial charge in [0.25, 0.3) is 0 Å². The number of fused-ring (bicyclic) bond motifs is 4. The van der Waals surface area contributed by atoms with Crippen LogP contribution in [0.4, 0.5) is 0 Å². The van der Waals surface area contributed by atoms with Gasteiger partial charge in [-0.2, -0.15) is 0 Å². The van der Waals surface area contributed by atoms with Crippen LogP contribution in [0.2, 0.25) is 5.02 Å². The number of Topliss-reactive ketones (excluding diaryl/α,β-unsaturated/α-hetero) is 1. The third kappa shape index (κ3) is 2.66. The average Bonchev–Trinajstić information content (AvgIpc) is 3.00. The number of hydrogen-bond acceptors (Lipinski definition) is 3. The molecule has 4 nitrogen and oxygen atoms in total. The zero-order valence-corrected chi connectivity index (χ0v) is 15.0. The van der Waals surface area contributed by atoms with E-state index in [2.05, 4.69) is 0 Å². The third-order valence-corrected chi connectivity index (χ3v) is 4.98. The lowest BCUT2D eigenvalue weighted by Gasteiger charge is -2.07. The van der Waals surface area contributed by atoms with Crippen molar-refractivity contribution in [2.75, 3.05) is 0 Å². The number of hydrogen-bond donors (Lipinski definition) is 0. The summed E-state index contributed by atoms with van der Waals surface area (Å²) in [5.74, 6) is 0.00396. The highest BCUT2D eigenvalue weighted by Gasteiger charge is 2.17. The molecule has 0 saturated carbocycles. The molecule has 0 atom stereocenters. The molecule has 2 aromatic heterocycles. The van der Waals surface area contributed by atoms with Crippen LogP contribution in [0.1, 0.15) is 10.4 Å². The Kier molecular flexibility index (Phi) is 3.66. The number of halogens is 1. The van der Waals surface area contributed by atoms with E-state index in [9.17, 15) is 4.79 Å². The second kappa shape index (κ2) is 6.18. The normalized spacial score (nSPS) is 11.4. The number of rotatable bonds is 3. The fraction of sp³-hybridized carbons (Fsp3) is 0.0455. The molecule has 0 bridgehead atoms. The van der Waals surface area contributed by atoms with E-state index in [0.29, 0.717) is 10.6 Å². The fourth-order valence-corrected chi connectivity index (χ4v) is 3.54. The Labute approximate surface area is 160 Å². The van der Waals surface area contributed by atoms with Gasteiger partial charge in [-0.1, -0.05) is 41.9 Å². The van der Waals surface area contributed by atoms with E-state index in [4.69, 9.17) is 21.6 Å². The van der Waals surface area contributed by atoms with Crippen molar-refractivity contribution < 1.29 is 4.79 Å². The molecule has 3 aromatic carbocycles. The number of para-hydroxylation sites is 3. The van der Waals surface area contributed by atoms with Gasteiger partial charge in [-0.25, -0.2) is 9.97 Å². The summed E-state index contributed by atoms with van der Waals surface area (Å²) in [5.41, 5.74) is 4.76. The van der Waals surface area contributed by atoms with Crippen molar-refractivity contribution in [2.45, 2.75) is 6.54 Å². The lowest BCUT2D eigenvalue weighted by Crippen LogP contribution is -2.10. The second-order valence-electron chi connectivity index (χ2n) is 6.42. The van der Waals surface area contributed by atoms with Crippen LogP contribution in [0.15, 0.2) is 72.8 Å². The molecule has 5 heteroatoms. The lowest BCUT2D eigenvalue weighted by molar-refractivity contribution is 0.0974. The molecule has 0 aliphatic rings. The largest absolute Gasteiger partial charge is 0.316 e. The van der Waals surface area contributed by atoms with Crippen molar-refractivity contribution in [3.63, 3.8) is 0 Å². The molecule has 0 aliphatic carbocycles. The van der Waals surface area contributed by atoms with Gasteiger partial charge in [0.1, 0.15) is 5.52 Å². The summed E-state index contributed by atoms with van der Waals surface area (Å²) in [6.07, 6.45) is 0. The van der Waals surface area contributed by atoms with Crippen molar-refractivity contribution >= 4 is 50.5 Å². The SMILES string of the molecule is O=C(Cn1c2ccccc2c2nc3ccccc3nc21)c1ccc(Cl)cc1. The van der Waals surface area contributed by atoms with Crippen LogP contribution in [0.25, 0.3) is 33.1 Å². The summed E-state index contributed by atoms with van der Waals surface area (Å²) in [4.78, 5) is 22.5. The van der Waals surface area contributed by atoms with Gasteiger partial charge in [0.05, 0.1) is 23.1 Å². The van der Waals surface area contributed by atoms with E-state index in [1.54, 1.807) is 24.3 Å². The van der Waals surface area contributed by atoms with E-state index in [1.165, 1.54) is 0 Å². The molecule has 0 amide bonds. The number of carbonyl (C=O) groups is 1. The van der Waals surface area contributed by atoms with Crippen LogP contribution in [0.3, 0.4) is 0 Å². The topological polar surface area (TPSA) is 47.8 Å². The van der Waals surface area contributed by atoms with Crippen molar-refractivity contribution in [3.05, 3.63) is 83.4 Å². The zero-order chi connectivity index (χ0) is 18.4. The maximum Gasteiger partial charge on any atom is 0.182 e. The van der Waals surface area contributed by atoms with E-state index in [0.717, 1.165) is 33.1 Å². The maximum atomic E-state index is 12.9. The Hall–Kier alpha value is -3.24. The highest BCUT2D eigenvalue weighted by Crippen LogP contribution is 2.28. The van der Waals surface area contributed by atoms with Gasteiger partial charge >= 0.3 is 0 Å². The summed E-state index contributed by atoms with van der Waals surface area (Å²) in [6.45, 7) is 0.193. The molecule has 0 fully saturated rings. The Morgan fingerprint density at radius 2 is 1.52 bits per heavy atom. The van der Waals surface area contributed by atoms with Gasteiger partial charge in [0, 0.05) is 16.0 Å². The van der Waals surface area contributed by atoms with Crippen LogP contribution >= 0.6 is 11.6 Å². The van der Waals surface area contributed by atoms with Gasteiger partial charge < -0.3 is 4.57 Å². The molecule has 0 unspecified atom stereocenters. The first-order valence-corrected chi connectivity index (χ1v) is 9.01. The Morgan fingerprint density at radius 3 is 2.30 bits per heavy atom. The highest BCUT2D eigenvalue weighted by molar-refractivity contribution is 6.30. The van der Waals surface area contributed by atoms with E-state index >= 15 is 0 Å². The molecular formula is C22H14ClN3O. The minimum Gasteiger partial charge on any atom is -0.316 e. The van der Waals surface area contributed by atoms with Gasteiger partial charge in [-0.15, -0.1) is 0 Å². The predicted molar refractivity (Wildman–Crippen MR) is 108 cm³/mol. The average molecular weight is 372 g/mol. The van der Waals surface area contributed by atoms with E-state index in [-0.39, 0.29) is 12.3 Å². The molecule has 2 heterocycles. The summed E-state index contributed by atoms with van der Waals surface area (Å²) in [7, 11) is 0. The molecule has 27 heavy (non-hydrogen) atoms. The quantitative estimate of drug-likeness (QED) is 0.406. The first-order chi connectivity index (χ1) is 13.2. The fourth-order valence-electron chi connectivity index (χ4n) is 3.41. The summed E-state index contributed by atoms with van der Waals surface area (Å²) >= 11 is 5.94. The molecule has 0 N–H and O–H groups in total. The van der Waals surface area contributed by atoms with Crippen LogP contribution in [-0.2, 0) is 6.54 Å². The molecule has 0 aliphatic heterocycles. The van der Waals surface area contributed by atoms with Crippen molar-refractivity contribution in [2.24, 2.45) is 0 Å². The molecule has 0 saturated heterocycles. The lowest BCUT2D eigenvalue weighted by atomic mass is 10.1. The molecule has 0 radical (unpaired) electrons. The Bertz CT molecular complexity index is 1320. The summed E-state index contributed by atoms with van der Waals surface area (Å²) in [6, 6.07) is 22.7. The smallest absolute Gasteiger partial charge is 0.182 e. The van der Waals surface area contributed by atoms with Gasteiger partial charge in [-0.3, -0.25) is 4.79 Å². The van der Waals surface area contributed by atoms with Gasteiger partial charge in [0.2, 0.25) is 0 Å². The zero-order valence-electron chi connectivity index (χ0n) is 14.3. The minimum atomic E-state index is 0.00396. The number of benzene rings is 3. The number of nitrogens with zero attached hydrogens (tertiary/aromatic N) is 3.